The zero-order valence-electron chi connectivity index (χ0n) is 8.08. The van der Waals surface area contributed by atoms with Crippen LogP contribution in [0.5, 0.6) is 0 Å². The number of hydrogen-bond donors (Lipinski definition) is 2. The monoisotopic (exact) mass is 191 g/mol. The first-order valence-corrected chi connectivity index (χ1v) is 4.68. The molecule has 0 radical (unpaired) electrons. The van der Waals surface area contributed by atoms with Crippen molar-refractivity contribution >= 4 is 0 Å². The Morgan fingerprint density at radius 3 is 3.21 bits per heavy atom. The maximum absolute atomic E-state index is 5.30. The molecule has 0 bridgehead atoms. The van der Waals surface area contributed by atoms with Gasteiger partial charge >= 0.3 is 0 Å². The zero-order valence-corrected chi connectivity index (χ0v) is 8.08. The van der Waals surface area contributed by atoms with E-state index in [1.807, 2.05) is 18.3 Å². The Bertz CT molecular complexity index is 378. The maximum Gasteiger partial charge on any atom is 0.151 e. The lowest BCUT2D eigenvalue weighted by atomic mass is 10.2. The van der Waals surface area contributed by atoms with Crippen LogP contribution in [-0.4, -0.2) is 16.7 Å². The van der Waals surface area contributed by atoms with E-state index >= 15 is 0 Å². The Morgan fingerprint density at radius 1 is 1.57 bits per heavy atom. The molecule has 2 rings (SSSR count). The lowest BCUT2D eigenvalue weighted by molar-refractivity contribution is 0.578. The molecule has 2 N–H and O–H groups in total. The molecule has 2 aromatic rings. The van der Waals surface area contributed by atoms with Crippen molar-refractivity contribution in [2.75, 3.05) is 6.54 Å². The summed E-state index contributed by atoms with van der Waals surface area (Å²) >= 11 is 0. The highest BCUT2D eigenvalue weighted by Gasteiger charge is 2.08. The van der Waals surface area contributed by atoms with Crippen LogP contribution in [0.3, 0.4) is 0 Å². The van der Waals surface area contributed by atoms with Gasteiger partial charge in [0.25, 0.3) is 0 Å². The fraction of sp³-hybridized carbons (Fsp3) is 0.300. The molecule has 0 aliphatic carbocycles. The summed E-state index contributed by atoms with van der Waals surface area (Å²) in [5, 5.41) is 10.2. The van der Waals surface area contributed by atoms with Crippen molar-refractivity contribution in [3.63, 3.8) is 0 Å². The van der Waals surface area contributed by atoms with Crippen molar-refractivity contribution in [2.24, 2.45) is 0 Å². The first-order valence-electron chi connectivity index (χ1n) is 4.68. The van der Waals surface area contributed by atoms with Crippen molar-refractivity contribution in [3.8, 4) is 11.5 Å². The lowest BCUT2D eigenvalue weighted by Gasteiger charge is -2.00. The molecule has 14 heavy (non-hydrogen) atoms. The third-order valence-corrected chi connectivity index (χ3v) is 2.05. The smallest absolute Gasteiger partial charge is 0.151 e. The van der Waals surface area contributed by atoms with Crippen LogP contribution in [0.15, 0.2) is 29.0 Å². The minimum atomic E-state index is 0.809. The third-order valence-electron chi connectivity index (χ3n) is 2.05. The predicted molar refractivity (Wildman–Crippen MR) is 53.7 cm³/mol. The average molecular weight is 191 g/mol. The molecule has 74 valence electrons. The van der Waals surface area contributed by atoms with Gasteiger partial charge < -0.3 is 9.73 Å². The molecule has 4 heteroatoms. The van der Waals surface area contributed by atoms with E-state index in [1.165, 1.54) is 0 Å². The van der Waals surface area contributed by atoms with Crippen LogP contribution in [0.2, 0.25) is 0 Å². The summed E-state index contributed by atoms with van der Waals surface area (Å²) in [6.45, 7) is 3.83. The molecule has 0 spiro atoms. The largest absolute Gasteiger partial charge is 0.463 e. The van der Waals surface area contributed by atoms with Gasteiger partial charge in [0.15, 0.2) is 5.76 Å². The number of aromatic amines is 1. The topological polar surface area (TPSA) is 53.9 Å². The normalized spacial score (nSPS) is 10.6. The Labute approximate surface area is 82.3 Å². The molecule has 4 nitrogen and oxygen atoms in total. The van der Waals surface area contributed by atoms with E-state index in [0.717, 1.165) is 30.1 Å². The summed E-state index contributed by atoms with van der Waals surface area (Å²) in [6.07, 6.45) is 3.48. The number of furan rings is 1. The van der Waals surface area contributed by atoms with Gasteiger partial charge in [0.05, 0.1) is 12.5 Å². The Morgan fingerprint density at radius 2 is 2.50 bits per heavy atom. The van der Waals surface area contributed by atoms with Crippen LogP contribution in [0.25, 0.3) is 11.5 Å². The van der Waals surface area contributed by atoms with E-state index < -0.39 is 0 Å². The highest BCUT2D eigenvalue weighted by molar-refractivity contribution is 5.55. The number of nitrogens with zero attached hydrogens (tertiary/aromatic N) is 1. The van der Waals surface area contributed by atoms with Crippen LogP contribution in [0.4, 0.5) is 0 Å². The summed E-state index contributed by atoms with van der Waals surface area (Å²) in [6, 6.07) is 3.79. The summed E-state index contributed by atoms with van der Waals surface area (Å²) < 4.78 is 5.30. The second-order valence-corrected chi connectivity index (χ2v) is 3.03. The average Bonchev–Trinajstić information content (AvgIpc) is 2.84. The number of hydrogen-bond acceptors (Lipinski definition) is 3. The molecule has 0 aliphatic rings. The number of rotatable bonds is 4. The Kier molecular flexibility index (Phi) is 2.65. The molecule has 0 fully saturated rings. The molecule has 0 saturated carbocycles. The van der Waals surface area contributed by atoms with Gasteiger partial charge in [-0.3, -0.25) is 5.10 Å². The highest BCUT2D eigenvalue weighted by Crippen LogP contribution is 2.20. The first kappa shape index (κ1) is 9.02. The van der Waals surface area contributed by atoms with E-state index in [1.54, 1.807) is 6.26 Å². The fourth-order valence-electron chi connectivity index (χ4n) is 1.34. The van der Waals surface area contributed by atoms with Crippen molar-refractivity contribution in [2.45, 2.75) is 13.5 Å². The molecular weight excluding hydrogens is 178 g/mol. The SMILES string of the molecule is CCNCc1cn[nH]c1-c1ccco1. The van der Waals surface area contributed by atoms with Gasteiger partial charge in [-0.05, 0) is 18.7 Å². The Balaban J connectivity index is 2.22. The second kappa shape index (κ2) is 4.11. The van der Waals surface area contributed by atoms with Gasteiger partial charge in [0, 0.05) is 12.1 Å². The minimum Gasteiger partial charge on any atom is -0.463 e. The van der Waals surface area contributed by atoms with Gasteiger partial charge in [0.1, 0.15) is 5.69 Å². The minimum absolute atomic E-state index is 0.809. The Hall–Kier alpha value is -1.55. The van der Waals surface area contributed by atoms with E-state index in [2.05, 4.69) is 22.4 Å². The van der Waals surface area contributed by atoms with Crippen molar-refractivity contribution < 1.29 is 4.42 Å². The molecule has 0 saturated heterocycles. The predicted octanol–water partition coefficient (Wildman–Crippen LogP) is 1.78. The van der Waals surface area contributed by atoms with E-state index in [9.17, 15) is 0 Å². The standard InChI is InChI=1S/C10H13N3O/c1-2-11-6-8-7-12-13-10(8)9-4-3-5-14-9/h3-5,7,11H,2,6H2,1H3,(H,12,13). The summed E-state index contributed by atoms with van der Waals surface area (Å²) in [5.74, 6) is 0.829. The second-order valence-electron chi connectivity index (χ2n) is 3.03. The van der Waals surface area contributed by atoms with Crippen molar-refractivity contribution in [3.05, 3.63) is 30.2 Å². The first-order chi connectivity index (χ1) is 6.92. The van der Waals surface area contributed by atoms with Gasteiger partial charge in [0.2, 0.25) is 0 Å². The van der Waals surface area contributed by atoms with E-state index in [-0.39, 0.29) is 0 Å². The number of aromatic nitrogens is 2. The summed E-state index contributed by atoms with van der Waals surface area (Å²) in [7, 11) is 0. The van der Waals surface area contributed by atoms with E-state index in [4.69, 9.17) is 4.42 Å². The van der Waals surface area contributed by atoms with Crippen LogP contribution >= 0.6 is 0 Å². The third kappa shape index (κ3) is 1.70. The fourth-order valence-corrected chi connectivity index (χ4v) is 1.34. The van der Waals surface area contributed by atoms with Gasteiger partial charge in [-0.2, -0.15) is 5.10 Å². The molecule has 0 atom stereocenters. The van der Waals surface area contributed by atoms with Crippen molar-refractivity contribution in [1.29, 1.82) is 0 Å². The molecule has 2 heterocycles. The van der Waals surface area contributed by atoms with E-state index in [0.29, 0.717) is 0 Å². The van der Waals surface area contributed by atoms with Gasteiger partial charge in [-0.1, -0.05) is 6.92 Å². The summed E-state index contributed by atoms with van der Waals surface area (Å²) in [4.78, 5) is 0. The van der Waals surface area contributed by atoms with Crippen LogP contribution in [-0.2, 0) is 6.54 Å². The zero-order chi connectivity index (χ0) is 9.80. The van der Waals surface area contributed by atoms with Crippen LogP contribution in [0.1, 0.15) is 12.5 Å². The molecule has 0 aliphatic heterocycles. The maximum atomic E-state index is 5.30. The number of H-pyrrole nitrogens is 1. The number of nitrogens with one attached hydrogen (secondary N) is 2. The molecule has 0 aromatic carbocycles. The van der Waals surface area contributed by atoms with Crippen molar-refractivity contribution in [1.82, 2.24) is 15.5 Å². The van der Waals surface area contributed by atoms with Gasteiger partial charge in [-0.15, -0.1) is 0 Å². The van der Waals surface area contributed by atoms with Crippen LogP contribution < -0.4 is 5.32 Å². The molecular formula is C10H13N3O. The highest BCUT2D eigenvalue weighted by atomic mass is 16.3. The lowest BCUT2D eigenvalue weighted by Crippen LogP contribution is -2.11. The molecule has 2 aromatic heterocycles. The summed E-state index contributed by atoms with van der Waals surface area (Å²) in [5.41, 5.74) is 2.08. The molecule has 0 unspecified atom stereocenters. The van der Waals surface area contributed by atoms with Crippen LogP contribution in [0, 0.1) is 0 Å². The van der Waals surface area contributed by atoms with Gasteiger partial charge in [-0.25, -0.2) is 0 Å². The molecule has 0 amide bonds. The quantitative estimate of drug-likeness (QED) is 0.774.